The molecular formula is C17H19BrFN. The van der Waals surface area contributed by atoms with Gasteiger partial charge in [0.1, 0.15) is 5.82 Å². The Hall–Kier alpha value is -1.19. The van der Waals surface area contributed by atoms with Crippen LogP contribution in [-0.2, 0) is 0 Å². The van der Waals surface area contributed by atoms with E-state index in [4.69, 9.17) is 0 Å². The summed E-state index contributed by atoms with van der Waals surface area (Å²) < 4.78 is 15.0. The molecule has 0 aliphatic rings. The van der Waals surface area contributed by atoms with Crippen LogP contribution in [0.15, 0.2) is 53.0 Å². The maximum absolute atomic E-state index is 13.9. The smallest absolute Gasteiger partial charge is 0.127 e. The van der Waals surface area contributed by atoms with Gasteiger partial charge < -0.3 is 5.32 Å². The van der Waals surface area contributed by atoms with E-state index in [0.29, 0.717) is 0 Å². The van der Waals surface area contributed by atoms with Crippen molar-refractivity contribution in [3.05, 3.63) is 69.9 Å². The second-order valence-corrected chi connectivity index (χ2v) is 5.75. The number of benzene rings is 2. The highest BCUT2D eigenvalue weighted by Crippen LogP contribution is 2.27. The van der Waals surface area contributed by atoms with Gasteiger partial charge in [0.15, 0.2) is 0 Å². The molecule has 0 bridgehead atoms. The van der Waals surface area contributed by atoms with Crippen LogP contribution in [0.5, 0.6) is 0 Å². The van der Waals surface area contributed by atoms with Gasteiger partial charge in [-0.3, -0.25) is 0 Å². The average Bonchev–Trinajstić information content (AvgIpc) is 2.46. The minimum Gasteiger partial charge on any atom is -0.303 e. The molecule has 0 aliphatic heterocycles. The largest absolute Gasteiger partial charge is 0.303 e. The summed E-state index contributed by atoms with van der Waals surface area (Å²) in [6.45, 7) is 4.17. The van der Waals surface area contributed by atoms with Gasteiger partial charge in [0.05, 0.1) is 0 Å². The zero-order chi connectivity index (χ0) is 14.5. The van der Waals surface area contributed by atoms with Crippen molar-refractivity contribution in [1.29, 1.82) is 0 Å². The van der Waals surface area contributed by atoms with E-state index in [1.54, 1.807) is 6.07 Å². The topological polar surface area (TPSA) is 12.0 Å². The zero-order valence-electron chi connectivity index (χ0n) is 11.7. The predicted octanol–water partition coefficient (Wildman–Crippen LogP) is 5.39. The van der Waals surface area contributed by atoms with Crippen molar-refractivity contribution in [2.45, 2.75) is 32.4 Å². The van der Waals surface area contributed by atoms with E-state index in [0.717, 1.165) is 16.5 Å². The number of nitrogens with one attached hydrogen (secondary N) is 1. The lowest BCUT2D eigenvalue weighted by molar-refractivity contribution is 0.438. The molecule has 3 heteroatoms. The fourth-order valence-electron chi connectivity index (χ4n) is 2.40. The molecule has 0 radical (unpaired) electrons. The van der Waals surface area contributed by atoms with E-state index in [1.165, 1.54) is 11.6 Å². The third kappa shape index (κ3) is 3.47. The number of hydrogen-bond donors (Lipinski definition) is 1. The van der Waals surface area contributed by atoms with Crippen LogP contribution in [0.1, 0.15) is 43.5 Å². The Morgan fingerprint density at radius 2 is 1.65 bits per heavy atom. The van der Waals surface area contributed by atoms with Crippen LogP contribution in [0.4, 0.5) is 4.39 Å². The lowest BCUT2D eigenvalue weighted by Crippen LogP contribution is -2.25. The first-order chi connectivity index (χ1) is 9.63. The minimum atomic E-state index is -0.147. The maximum atomic E-state index is 13.9. The summed E-state index contributed by atoms with van der Waals surface area (Å²) in [6.07, 6.45) is 0.843. The third-order valence-electron chi connectivity index (χ3n) is 3.51. The molecule has 0 heterocycles. The molecule has 0 fully saturated rings. The molecule has 0 amide bonds. The van der Waals surface area contributed by atoms with E-state index in [9.17, 15) is 4.39 Å². The highest BCUT2D eigenvalue weighted by atomic mass is 79.9. The van der Waals surface area contributed by atoms with Gasteiger partial charge in [-0.05, 0) is 31.0 Å². The molecule has 2 rings (SSSR count). The molecule has 2 atom stereocenters. The second-order valence-electron chi connectivity index (χ2n) is 4.89. The summed E-state index contributed by atoms with van der Waals surface area (Å²) in [5.74, 6) is -0.147. The molecule has 2 aromatic rings. The van der Waals surface area contributed by atoms with Crippen molar-refractivity contribution in [2.24, 2.45) is 0 Å². The highest BCUT2D eigenvalue weighted by molar-refractivity contribution is 9.10. The van der Waals surface area contributed by atoms with Crippen molar-refractivity contribution >= 4 is 15.9 Å². The Balaban J connectivity index is 2.19. The quantitative estimate of drug-likeness (QED) is 0.772. The van der Waals surface area contributed by atoms with Gasteiger partial charge in [0, 0.05) is 22.1 Å². The normalized spacial score (nSPS) is 14.0. The summed E-state index contributed by atoms with van der Waals surface area (Å²) >= 11 is 3.57. The Morgan fingerprint density at radius 1 is 1.05 bits per heavy atom. The van der Waals surface area contributed by atoms with Crippen molar-refractivity contribution in [3.8, 4) is 0 Å². The van der Waals surface area contributed by atoms with Crippen LogP contribution in [-0.4, -0.2) is 0 Å². The molecule has 0 spiro atoms. The Labute approximate surface area is 128 Å². The molecule has 2 aromatic carbocycles. The molecule has 0 aromatic heterocycles. The molecule has 1 N–H and O–H groups in total. The van der Waals surface area contributed by atoms with Crippen LogP contribution in [0.2, 0.25) is 0 Å². The summed E-state index contributed by atoms with van der Waals surface area (Å²) in [4.78, 5) is 0. The minimum absolute atomic E-state index is 0.0123. The SMILES string of the molecule is CCC(N[C@@H](C)c1ccccc1Br)c1ccccc1F. The predicted molar refractivity (Wildman–Crippen MR) is 85.1 cm³/mol. The molecule has 0 saturated carbocycles. The second kappa shape index (κ2) is 7.00. The van der Waals surface area contributed by atoms with Crippen molar-refractivity contribution in [1.82, 2.24) is 5.32 Å². The molecule has 20 heavy (non-hydrogen) atoms. The Morgan fingerprint density at radius 3 is 2.25 bits per heavy atom. The van der Waals surface area contributed by atoms with Gasteiger partial charge >= 0.3 is 0 Å². The molecular weight excluding hydrogens is 317 g/mol. The van der Waals surface area contributed by atoms with Crippen molar-refractivity contribution in [3.63, 3.8) is 0 Å². The van der Waals surface area contributed by atoms with E-state index in [2.05, 4.69) is 41.2 Å². The van der Waals surface area contributed by atoms with Crippen molar-refractivity contribution in [2.75, 3.05) is 0 Å². The summed E-state index contributed by atoms with van der Waals surface area (Å²) in [6, 6.07) is 15.2. The summed E-state index contributed by atoms with van der Waals surface area (Å²) in [5.41, 5.74) is 1.91. The van der Waals surface area contributed by atoms with E-state index >= 15 is 0 Å². The molecule has 1 nitrogen and oxygen atoms in total. The Bertz CT molecular complexity index is 570. The lowest BCUT2D eigenvalue weighted by atomic mass is 10.0. The third-order valence-corrected chi connectivity index (χ3v) is 4.23. The van der Waals surface area contributed by atoms with Crippen LogP contribution in [0, 0.1) is 5.82 Å². The molecule has 1 unspecified atom stereocenters. The van der Waals surface area contributed by atoms with Crippen molar-refractivity contribution < 1.29 is 4.39 Å². The van der Waals surface area contributed by atoms with Gasteiger partial charge in [-0.25, -0.2) is 4.39 Å². The highest BCUT2D eigenvalue weighted by Gasteiger charge is 2.17. The fourth-order valence-corrected chi connectivity index (χ4v) is 3.03. The van der Waals surface area contributed by atoms with Gasteiger partial charge in [-0.2, -0.15) is 0 Å². The van der Waals surface area contributed by atoms with Crippen LogP contribution in [0.3, 0.4) is 0 Å². The first-order valence-electron chi connectivity index (χ1n) is 6.88. The molecule has 106 valence electrons. The molecule has 0 saturated heterocycles. The van der Waals surface area contributed by atoms with E-state index in [-0.39, 0.29) is 17.9 Å². The van der Waals surface area contributed by atoms with Crippen LogP contribution < -0.4 is 5.32 Å². The average molecular weight is 336 g/mol. The van der Waals surface area contributed by atoms with Gasteiger partial charge in [-0.1, -0.05) is 59.3 Å². The number of halogens is 2. The van der Waals surface area contributed by atoms with Gasteiger partial charge in [0.2, 0.25) is 0 Å². The molecule has 0 aliphatic carbocycles. The summed E-state index contributed by atoms with van der Waals surface area (Å²) in [5, 5.41) is 3.51. The lowest BCUT2D eigenvalue weighted by Gasteiger charge is -2.24. The van der Waals surface area contributed by atoms with E-state index < -0.39 is 0 Å². The number of hydrogen-bond acceptors (Lipinski definition) is 1. The van der Waals surface area contributed by atoms with Crippen LogP contribution >= 0.6 is 15.9 Å². The van der Waals surface area contributed by atoms with E-state index in [1.807, 2.05) is 30.3 Å². The van der Waals surface area contributed by atoms with Crippen LogP contribution in [0.25, 0.3) is 0 Å². The first-order valence-corrected chi connectivity index (χ1v) is 7.67. The summed E-state index contributed by atoms with van der Waals surface area (Å²) in [7, 11) is 0. The Kier molecular flexibility index (Phi) is 5.32. The standard InChI is InChI=1S/C17H19BrFN/c1-3-17(14-9-5-7-11-16(14)19)20-12(2)13-8-4-6-10-15(13)18/h4-12,17,20H,3H2,1-2H3/t12-,17?/m0/s1. The maximum Gasteiger partial charge on any atom is 0.127 e. The number of rotatable bonds is 5. The zero-order valence-corrected chi connectivity index (χ0v) is 13.3. The monoisotopic (exact) mass is 335 g/mol. The van der Waals surface area contributed by atoms with Gasteiger partial charge in [0.25, 0.3) is 0 Å². The van der Waals surface area contributed by atoms with Gasteiger partial charge in [-0.15, -0.1) is 0 Å². The fraction of sp³-hybridized carbons (Fsp3) is 0.294. The first kappa shape index (κ1) is 15.2.